The lowest BCUT2D eigenvalue weighted by Crippen LogP contribution is -1.90. The number of hydrogen-bond acceptors (Lipinski definition) is 3. The van der Waals surface area contributed by atoms with Gasteiger partial charge in [-0.1, -0.05) is 0 Å². The van der Waals surface area contributed by atoms with E-state index in [-0.39, 0.29) is 12.4 Å². The van der Waals surface area contributed by atoms with Crippen LogP contribution in [-0.2, 0) is 0 Å². The van der Waals surface area contributed by atoms with Crippen LogP contribution in [0.3, 0.4) is 0 Å². The molecule has 1 aromatic heterocycles. The molecule has 0 saturated heterocycles. The number of carboxylic acids is 1. The molecule has 11 heavy (non-hydrogen) atoms. The van der Waals surface area contributed by atoms with Crippen molar-refractivity contribution in [3.8, 4) is 0 Å². The van der Waals surface area contributed by atoms with Crippen molar-refractivity contribution in [3.63, 3.8) is 0 Å². The van der Waals surface area contributed by atoms with Crippen LogP contribution in [0.15, 0.2) is 6.07 Å². The van der Waals surface area contributed by atoms with Crippen molar-refractivity contribution >= 4 is 35.4 Å². The molecule has 1 aromatic rings. The third kappa shape index (κ3) is 2.10. The summed E-state index contributed by atoms with van der Waals surface area (Å²) >= 11 is 1.20. The zero-order chi connectivity index (χ0) is 7.72. The Morgan fingerprint density at radius 3 is 2.45 bits per heavy atom. The Hall–Kier alpha value is -0.740. The van der Waals surface area contributed by atoms with Gasteiger partial charge in [0.05, 0.1) is 0 Å². The summed E-state index contributed by atoms with van der Waals surface area (Å²) in [6, 6.07) is 1.47. The molecule has 1 rings (SSSR count). The predicted octanol–water partition coefficient (Wildman–Crippen LogP) is 1.76. The van der Waals surface area contributed by atoms with Gasteiger partial charge in [0.2, 0.25) is 0 Å². The fraction of sp³-hybridized carbons (Fsp3) is 0.167. The lowest BCUT2D eigenvalue weighted by molar-refractivity contribution is 0.0702. The third-order valence-corrected chi connectivity index (χ3v) is 2.22. The summed E-state index contributed by atoms with van der Waals surface area (Å²) in [5, 5.41) is 8.48. The monoisotopic (exact) mass is 193 g/mol. The van der Waals surface area contributed by atoms with E-state index in [1.807, 2.05) is 0 Å². The van der Waals surface area contributed by atoms with Gasteiger partial charge in [0.1, 0.15) is 4.88 Å². The summed E-state index contributed by atoms with van der Waals surface area (Å²) in [6.45, 7) is 1.80. The van der Waals surface area contributed by atoms with Gasteiger partial charge in [-0.2, -0.15) is 0 Å². The highest BCUT2D eigenvalue weighted by Crippen LogP contribution is 2.22. The minimum Gasteiger partial charge on any atom is -0.477 e. The van der Waals surface area contributed by atoms with Crippen molar-refractivity contribution in [1.29, 1.82) is 0 Å². The molecule has 0 aliphatic rings. The fourth-order valence-corrected chi connectivity index (χ4v) is 1.38. The molecular formula is C6H8ClNO2S. The first-order valence-electron chi connectivity index (χ1n) is 2.70. The molecule has 3 N–H and O–H groups in total. The third-order valence-electron chi connectivity index (χ3n) is 1.17. The number of thiophene rings is 1. The summed E-state index contributed by atoms with van der Waals surface area (Å²) in [6.07, 6.45) is 0. The van der Waals surface area contributed by atoms with Crippen molar-refractivity contribution in [3.05, 3.63) is 15.8 Å². The molecule has 0 radical (unpaired) electrons. The van der Waals surface area contributed by atoms with Crippen LogP contribution in [0.2, 0.25) is 0 Å². The van der Waals surface area contributed by atoms with E-state index in [0.717, 1.165) is 4.88 Å². The Labute approximate surface area is 74.3 Å². The van der Waals surface area contributed by atoms with Crippen LogP contribution in [0.1, 0.15) is 14.5 Å². The van der Waals surface area contributed by atoms with Gasteiger partial charge in [0, 0.05) is 10.6 Å². The van der Waals surface area contributed by atoms with E-state index in [0.29, 0.717) is 10.6 Å². The quantitative estimate of drug-likeness (QED) is 0.715. The molecule has 5 heteroatoms. The minimum atomic E-state index is -0.912. The summed E-state index contributed by atoms with van der Waals surface area (Å²) in [5.74, 6) is -0.912. The van der Waals surface area contributed by atoms with E-state index in [2.05, 4.69) is 0 Å². The molecule has 62 valence electrons. The largest absolute Gasteiger partial charge is 0.477 e. The van der Waals surface area contributed by atoms with Crippen LogP contribution in [0.5, 0.6) is 0 Å². The van der Waals surface area contributed by atoms with Gasteiger partial charge in [-0.15, -0.1) is 23.7 Å². The van der Waals surface area contributed by atoms with E-state index in [1.165, 1.54) is 17.4 Å². The molecule has 1 heterocycles. The Kier molecular flexibility index (Phi) is 3.35. The first-order chi connectivity index (χ1) is 4.61. The lowest BCUT2D eigenvalue weighted by Gasteiger charge is -1.80. The number of aryl methyl sites for hydroxylation is 1. The highest BCUT2D eigenvalue weighted by atomic mass is 35.5. The Bertz CT molecular complexity index is 252. The SMILES string of the molecule is Cc1sc(C(=O)O)cc1N.Cl. The molecule has 0 aliphatic carbocycles. The zero-order valence-electron chi connectivity index (χ0n) is 5.83. The second-order valence-electron chi connectivity index (χ2n) is 1.93. The molecule has 0 atom stereocenters. The van der Waals surface area contributed by atoms with Crippen molar-refractivity contribution in [2.24, 2.45) is 0 Å². The standard InChI is InChI=1S/C6H7NO2S.ClH/c1-3-4(7)2-5(10-3)6(8)9;/h2H,7H2,1H3,(H,8,9);1H. The van der Waals surface area contributed by atoms with Crippen LogP contribution < -0.4 is 5.73 Å². The topological polar surface area (TPSA) is 63.3 Å². The van der Waals surface area contributed by atoms with E-state index in [1.54, 1.807) is 6.92 Å². The maximum Gasteiger partial charge on any atom is 0.345 e. The van der Waals surface area contributed by atoms with Crippen LogP contribution >= 0.6 is 23.7 Å². The number of anilines is 1. The van der Waals surface area contributed by atoms with Gasteiger partial charge in [0.15, 0.2) is 0 Å². The number of nitrogens with two attached hydrogens (primary N) is 1. The minimum absolute atomic E-state index is 0. The Balaban J connectivity index is 0.000001000. The van der Waals surface area contributed by atoms with Gasteiger partial charge in [-0.05, 0) is 13.0 Å². The normalized spacial score (nSPS) is 8.82. The molecule has 0 aromatic carbocycles. The lowest BCUT2D eigenvalue weighted by atomic mass is 10.4. The molecule has 0 aliphatic heterocycles. The second kappa shape index (κ2) is 3.59. The van der Waals surface area contributed by atoms with E-state index < -0.39 is 5.97 Å². The van der Waals surface area contributed by atoms with Gasteiger partial charge in [-0.3, -0.25) is 0 Å². The van der Waals surface area contributed by atoms with Crippen LogP contribution in [0.25, 0.3) is 0 Å². The van der Waals surface area contributed by atoms with Gasteiger partial charge in [0.25, 0.3) is 0 Å². The van der Waals surface area contributed by atoms with Crippen LogP contribution in [0, 0.1) is 6.92 Å². The Morgan fingerprint density at radius 1 is 1.73 bits per heavy atom. The van der Waals surface area contributed by atoms with Crippen molar-refractivity contribution in [2.75, 3.05) is 5.73 Å². The molecular weight excluding hydrogens is 186 g/mol. The average molecular weight is 194 g/mol. The number of nitrogen functional groups attached to an aromatic ring is 1. The maximum atomic E-state index is 10.3. The van der Waals surface area contributed by atoms with E-state index in [4.69, 9.17) is 10.8 Å². The van der Waals surface area contributed by atoms with Gasteiger partial charge >= 0.3 is 5.97 Å². The maximum absolute atomic E-state index is 10.3. The average Bonchev–Trinajstić information content (AvgIpc) is 2.13. The predicted molar refractivity (Wildman–Crippen MR) is 47.7 cm³/mol. The van der Waals surface area contributed by atoms with Gasteiger partial charge in [-0.25, -0.2) is 4.79 Å². The zero-order valence-corrected chi connectivity index (χ0v) is 7.46. The summed E-state index contributed by atoms with van der Waals surface area (Å²) < 4.78 is 0. The highest BCUT2D eigenvalue weighted by Gasteiger charge is 2.07. The number of rotatable bonds is 1. The van der Waals surface area contributed by atoms with Gasteiger partial charge < -0.3 is 10.8 Å². The summed E-state index contributed by atoms with van der Waals surface area (Å²) in [5.41, 5.74) is 5.98. The molecule has 0 amide bonds. The molecule has 0 bridgehead atoms. The summed E-state index contributed by atoms with van der Waals surface area (Å²) in [7, 11) is 0. The molecule has 0 saturated carbocycles. The Morgan fingerprint density at radius 2 is 2.27 bits per heavy atom. The van der Waals surface area contributed by atoms with E-state index in [9.17, 15) is 4.79 Å². The van der Waals surface area contributed by atoms with Crippen molar-refractivity contribution in [1.82, 2.24) is 0 Å². The number of carboxylic acid groups (broad SMARTS) is 1. The van der Waals surface area contributed by atoms with E-state index >= 15 is 0 Å². The smallest absolute Gasteiger partial charge is 0.345 e. The fourth-order valence-electron chi connectivity index (χ4n) is 0.602. The number of halogens is 1. The second-order valence-corrected chi connectivity index (χ2v) is 3.18. The first kappa shape index (κ1) is 10.3. The molecule has 3 nitrogen and oxygen atoms in total. The van der Waals surface area contributed by atoms with Crippen molar-refractivity contribution in [2.45, 2.75) is 6.92 Å². The van der Waals surface area contributed by atoms with Crippen LogP contribution in [-0.4, -0.2) is 11.1 Å². The summed E-state index contributed by atoms with van der Waals surface area (Å²) in [4.78, 5) is 11.5. The molecule has 0 unspecified atom stereocenters. The first-order valence-corrected chi connectivity index (χ1v) is 3.52. The van der Waals surface area contributed by atoms with Crippen LogP contribution in [0.4, 0.5) is 5.69 Å². The molecule has 0 spiro atoms. The number of carbonyl (C=O) groups is 1. The number of aromatic carboxylic acids is 1. The number of hydrogen-bond donors (Lipinski definition) is 2. The van der Waals surface area contributed by atoms with Crippen molar-refractivity contribution < 1.29 is 9.90 Å². The molecule has 0 fully saturated rings. The highest BCUT2D eigenvalue weighted by molar-refractivity contribution is 7.14.